The smallest absolute Gasteiger partial charge is 0.368 e. The summed E-state index contributed by atoms with van der Waals surface area (Å²) in [6.07, 6.45) is -2.21. The highest BCUT2D eigenvalue weighted by atomic mass is 19.4. The van der Waals surface area contributed by atoms with E-state index < -0.39 is 42.1 Å². The van der Waals surface area contributed by atoms with Crippen LogP contribution in [0.2, 0.25) is 0 Å². The average Bonchev–Trinajstić information content (AvgIpc) is 3.74. The summed E-state index contributed by atoms with van der Waals surface area (Å²) in [5.41, 5.74) is 1.17. The molecule has 2 aliphatic rings. The lowest BCUT2D eigenvalue weighted by Gasteiger charge is -2.36. The minimum Gasteiger partial charge on any atom is -0.368 e. The molecular weight excluding hydrogens is 638 g/mol. The number of fused-ring (bicyclic) bond motifs is 1. The summed E-state index contributed by atoms with van der Waals surface area (Å²) in [5, 5.41) is 10.2. The first-order valence-corrected chi connectivity index (χ1v) is 16.1. The van der Waals surface area contributed by atoms with Crippen molar-refractivity contribution >= 4 is 34.1 Å². The molecule has 2 unspecified atom stereocenters. The first-order valence-electron chi connectivity index (χ1n) is 16.1. The van der Waals surface area contributed by atoms with E-state index in [-0.39, 0.29) is 24.4 Å². The minimum atomic E-state index is -4.80. The van der Waals surface area contributed by atoms with Gasteiger partial charge in [0.1, 0.15) is 11.2 Å². The van der Waals surface area contributed by atoms with Gasteiger partial charge in [-0.3, -0.25) is 14.7 Å². The molecule has 252 valence electrons. The topological polar surface area (TPSA) is 107 Å². The van der Waals surface area contributed by atoms with E-state index in [2.05, 4.69) is 30.4 Å². The fourth-order valence-electron chi connectivity index (χ4n) is 6.94. The second-order valence-electron chi connectivity index (χ2n) is 12.7. The van der Waals surface area contributed by atoms with Crippen LogP contribution in [0, 0.1) is 17.2 Å². The van der Waals surface area contributed by atoms with Gasteiger partial charge in [-0.1, -0.05) is 0 Å². The summed E-state index contributed by atoms with van der Waals surface area (Å²) in [7, 11) is 0. The average molecular weight is 672 g/mol. The van der Waals surface area contributed by atoms with Gasteiger partial charge >= 0.3 is 6.18 Å². The van der Waals surface area contributed by atoms with E-state index >= 15 is 0 Å². The molecule has 2 aromatic heterocycles. The van der Waals surface area contributed by atoms with Crippen molar-refractivity contribution in [1.29, 1.82) is 0 Å². The van der Waals surface area contributed by atoms with Gasteiger partial charge in [0.25, 0.3) is 0 Å². The molecule has 7 rings (SSSR count). The summed E-state index contributed by atoms with van der Waals surface area (Å²) >= 11 is 0. The predicted molar refractivity (Wildman–Crippen MR) is 177 cm³/mol. The molecule has 2 N–H and O–H groups in total. The molecule has 2 fully saturated rings. The van der Waals surface area contributed by atoms with Crippen molar-refractivity contribution in [2.45, 2.75) is 31.9 Å². The quantitative estimate of drug-likeness (QED) is 0.183. The highest BCUT2D eigenvalue weighted by molar-refractivity contribution is 6.00. The number of piperazine rings is 1. The van der Waals surface area contributed by atoms with Crippen LogP contribution in [0.4, 0.5) is 28.9 Å². The van der Waals surface area contributed by atoms with E-state index in [1.54, 1.807) is 47.6 Å². The fourth-order valence-corrected chi connectivity index (χ4v) is 6.94. The zero-order valence-electron chi connectivity index (χ0n) is 26.4. The summed E-state index contributed by atoms with van der Waals surface area (Å²) in [5.74, 6) is -1.69. The van der Waals surface area contributed by atoms with Crippen LogP contribution in [-0.4, -0.2) is 69.2 Å². The Balaban J connectivity index is 0.977. The molecule has 5 aromatic rings. The summed E-state index contributed by atoms with van der Waals surface area (Å²) < 4.78 is 57.5. The molecule has 49 heavy (non-hydrogen) atoms. The maximum atomic E-state index is 14.7. The molecule has 2 amide bonds. The van der Waals surface area contributed by atoms with Crippen molar-refractivity contribution in [3.63, 3.8) is 0 Å². The number of anilines is 2. The van der Waals surface area contributed by atoms with E-state index in [4.69, 9.17) is 0 Å². The fraction of sp³-hybridized carbons (Fsp3) is 0.306. The van der Waals surface area contributed by atoms with Crippen LogP contribution < -0.4 is 10.2 Å². The molecule has 3 heterocycles. The van der Waals surface area contributed by atoms with Crippen LogP contribution in [0.1, 0.15) is 25.7 Å². The Morgan fingerprint density at radius 1 is 0.918 bits per heavy atom. The van der Waals surface area contributed by atoms with Crippen molar-refractivity contribution in [3.05, 3.63) is 91.0 Å². The number of hydrogen-bond acceptors (Lipinski definition) is 6. The zero-order chi connectivity index (χ0) is 34.2. The lowest BCUT2D eigenvalue weighted by molar-refractivity contribution is -0.218. The summed E-state index contributed by atoms with van der Waals surface area (Å²) in [6.45, 7) is 2.10. The Morgan fingerprint density at radius 2 is 1.61 bits per heavy atom. The van der Waals surface area contributed by atoms with Crippen LogP contribution in [-0.2, 0) is 9.59 Å². The lowest BCUT2D eigenvalue weighted by Crippen LogP contribution is -2.49. The van der Waals surface area contributed by atoms with Crippen molar-refractivity contribution in [1.82, 2.24) is 25.1 Å². The Labute approximate surface area is 279 Å². The molecule has 1 saturated heterocycles. The largest absolute Gasteiger partial charge is 0.403 e. The number of hydrogen-bond donors (Lipinski definition) is 2. The summed E-state index contributed by atoms with van der Waals surface area (Å²) in [6, 6.07) is 20.0. The van der Waals surface area contributed by atoms with Crippen molar-refractivity contribution < 1.29 is 27.2 Å². The van der Waals surface area contributed by atoms with E-state index in [0.29, 0.717) is 54.2 Å². The van der Waals surface area contributed by atoms with Gasteiger partial charge in [0, 0.05) is 72.9 Å². The normalized spacial score (nSPS) is 19.7. The van der Waals surface area contributed by atoms with E-state index in [0.717, 1.165) is 11.3 Å². The second kappa shape index (κ2) is 12.9. The molecule has 0 bridgehead atoms. The maximum absolute atomic E-state index is 14.7. The molecule has 1 aliphatic heterocycles. The van der Waals surface area contributed by atoms with Crippen LogP contribution >= 0.6 is 0 Å². The van der Waals surface area contributed by atoms with Gasteiger partial charge in [-0.2, -0.15) is 18.3 Å². The molecule has 1 saturated carbocycles. The molecule has 9 nitrogen and oxygen atoms in total. The van der Waals surface area contributed by atoms with Gasteiger partial charge in [0.2, 0.25) is 11.8 Å². The Kier molecular flexibility index (Phi) is 8.51. The van der Waals surface area contributed by atoms with Gasteiger partial charge in [-0.25, -0.2) is 14.4 Å². The van der Waals surface area contributed by atoms with Gasteiger partial charge in [-0.15, -0.1) is 0 Å². The van der Waals surface area contributed by atoms with Crippen molar-refractivity contribution in [2.75, 3.05) is 36.4 Å². The first-order chi connectivity index (χ1) is 23.6. The Morgan fingerprint density at radius 3 is 2.31 bits per heavy atom. The molecule has 3 aromatic carbocycles. The number of carbonyl (C=O) groups excluding carboxylic acids is 2. The van der Waals surface area contributed by atoms with Crippen LogP contribution in [0.15, 0.2) is 85.2 Å². The molecule has 0 spiro atoms. The number of carbonyl (C=O) groups is 2. The van der Waals surface area contributed by atoms with Crippen molar-refractivity contribution in [3.8, 4) is 22.6 Å². The van der Waals surface area contributed by atoms with E-state index in [1.807, 2.05) is 24.3 Å². The van der Waals surface area contributed by atoms with Gasteiger partial charge < -0.3 is 15.1 Å². The highest BCUT2D eigenvalue weighted by Gasteiger charge is 2.63. The number of nitrogens with one attached hydrogen (secondary N) is 2. The number of nitrogens with zero attached hydrogens (tertiary/aromatic N) is 5. The number of benzene rings is 3. The van der Waals surface area contributed by atoms with E-state index in [1.165, 1.54) is 18.2 Å². The number of amides is 2. The van der Waals surface area contributed by atoms with Gasteiger partial charge in [0.15, 0.2) is 5.82 Å². The number of rotatable bonds is 7. The van der Waals surface area contributed by atoms with E-state index in [9.17, 15) is 27.2 Å². The SMILES string of the molecule is O=C(CC1CCC(C(=O)Nc2ccc3[nH]nc(-c4ccc(F)cc4)c3c2)(C(F)(F)F)C1)N1CCN(c2ccc(-c3ncccn3)cc2)CC1. The zero-order valence-corrected chi connectivity index (χ0v) is 26.4. The summed E-state index contributed by atoms with van der Waals surface area (Å²) in [4.78, 5) is 39.1. The Hall–Kier alpha value is -5.33. The highest BCUT2D eigenvalue weighted by Crippen LogP contribution is 2.54. The third-order valence-electron chi connectivity index (χ3n) is 9.68. The number of aromatic nitrogens is 4. The molecular formula is C36H33F4N7O2. The van der Waals surface area contributed by atoms with Crippen molar-refractivity contribution in [2.24, 2.45) is 11.3 Å². The van der Waals surface area contributed by atoms with Crippen LogP contribution in [0.3, 0.4) is 0 Å². The maximum Gasteiger partial charge on any atom is 0.403 e. The number of H-pyrrole nitrogens is 1. The predicted octanol–water partition coefficient (Wildman–Crippen LogP) is 6.85. The van der Waals surface area contributed by atoms with Gasteiger partial charge in [0.05, 0.1) is 11.2 Å². The van der Waals surface area contributed by atoms with Gasteiger partial charge in [-0.05, 0) is 98.0 Å². The standard InChI is InChI=1S/C36H33F4N7O2/c37-26-6-2-24(3-7-26)32-29-21-27(8-11-30(29)44-45-32)43-34(49)35(36(38,39)40)13-12-23(22-35)20-31(48)47-18-16-46(17-19-47)28-9-4-25(5-10-28)33-41-14-1-15-42-33/h1-11,14-15,21,23H,12-13,16-20,22H2,(H,43,49)(H,44,45). The number of alkyl halides is 3. The Bertz CT molecular complexity index is 1960. The molecule has 1 aliphatic carbocycles. The number of halogens is 4. The second-order valence-corrected chi connectivity index (χ2v) is 12.7. The molecule has 2 atom stereocenters. The first kappa shape index (κ1) is 32.2. The monoisotopic (exact) mass is 671 g/mol. The van der Waals surface area contributed by atoms with Crippen LogP contribution in [0.25, 0.3) is 33.5 Å². The third kappa shape index (κ3) is 6.44. The lowest BCUT2D eigenvalue weighted by atomic mass is 9.82. The molecule has 13 heteroatoms. The minimum absolute atomic E-state index is 0.0428. The molecule has 0 radical (unpaired) electrons. The van der Waals surface area contributed by atoms with Crippen LogP contribution in [0.5, 0.6) is 0 Å². The third-order valence-corrected chi connectivity index (χ3v) is 9.68. The number of aromatic amines is 1.